The Morgan fingerprint density at radius 2 is 2.14 bits per heavy atom. The molecule has 1 fully saturated rings. The Kier molecular flexibility index (Phi) is 4.20. The van der Waals surface area contributed by atoms with Crippen LogP contribution in [0.25, 0.3) is 0 Å². The molecule has 21 heavy (non-hydrogen) atoms. The van der Waals surface area contributed by atoms with Gasteiger partial charge in [-0.2, -0.15) is 0 Å². The first-order valence-electron chi connectivity index (χ1n) is 7.55. The third kappa shape index (κ3) is 2.93. The lowest BCUT2D eigenvalue weighted by molar-refractivity contribution is -0.124. The average Bonchev–Trinajstić information content (AvgIpc) is 2.77. The Labute approximate surface area is 130 Å². The van der Waals surface area contributed by atoms with Gasteiger partial charge in [-0.15, -0.1) is 6.58 Å². The van der Waals surface area contributed by atoms with Gasteiger partial charge in [0.05, 0.1) is 0 Å². The minimum absolute atomic E-state index is 0.227. The van der Waals surface area contributed by atoms with Crippen LogP contribution in [0.3, 0.4) is 0 Å². The molecule has 1 aliphatic heterocycles. The van der Waals surface area contributed by atoms with E-state index in [1.807, 2.05) is 17.0 Å². The average molecular weight is 299 g/mol. The molecule has 3 rings (SSSR count). The van der Waals surface area contributed by atoms with Crippen molar-refractivity contribution in [2.75, 3.05) is 13.1 Å². The Morgan fingerprint density at radius 1 is 1.38 bits per heavy atom. The smallest absolute Gasteiger partial charge is 0.251 e. The zero-order valence-corrected chi connectivity index (χ0v) is 13.2. The maximum absolute atomic E-state index is 12.6. The third-order valence-electron chi connectivity index (χ3n) is 4.22. The lowest BCUT2D eigenvalue weighted by Crippen LogP contribution is -2.25. The Morgan fingerprint density at radius 3 is 2.86 bits per heavy atom. The number of carbonyl (C=O) groups excluding carboxylic acids is 1. The summed E-state index contributed by atoms with van der Waals surface area (Å²) in [7, 11) is 0. The molecule has 0 radical (unpaired) electrons. The molecule has 1 saturated heterocycles. The zero-order chi connectivity index (χ0) is 14.8. The molecule has 2 aliphatic rings. The number of carbonyl (C=O) groups is 1. The maximum Gasteiger partial charge on any atom is 0.251 e. The quantitative estimate of drug-likeness (QED) is 0.780. The van der Waals surface area contributed by atoms with Crippen molar-refractivity contribution in [2.24, 2.45) is 11.8 Å². The van der Waals surface area contributed by atoms with Gasteiger partial charge in [-0.3, -0.25) is 4.79 Å². The highest BCUT2D eigenvalue weighted by Crippen LogP contribution is 2.45. The minimum atomic E-state index is 0.227. The monoisotopic (exact) mass is 299 g/mol. The predicted octanol–water partition coefficient (Wildman–Crippen LogP) is 4.11. The molecule has 0 bridgehead atoms. The van der Waals surface area contributed by atoms with Crippen LogP contribution in [0.1, 0.15) is 19.8 Å². The summed E-state index contributed by atoms with van der Waals surface area (Å²) in [6, 6.07) is 10.4. The molecule has 1 aromatic carbocycles. The van der Waals surface area contributed by atoms with E-state index in [2.05, 4.69) is 37.8 Å². The van der Waals surface area contributed by atoms with E-state index in [1.54, 1.807) is 11.8 Å². The Hall–Kier alpha value is -1.48. The second-order valence-electron chi connectivity index (χ2n) is 5.99. The number of hydrogen-bond acceptors (Lipinski definition) is 2. The normalized spacial score (nSPS) is 25.2. The van der Waals surface area contributed by atoms with Crippen LogP contribution >= 0.6 is 11.8 Å². The second-order valence-corrected chi connectivity index (χ2v) is 7.16. The van der Waals surface area contributed by atoms with E-state index in [9.17, 15) is 4.79 Å². The van der Waals surface area contributed by atoms with Crippen LogP contribution < -0.4 is 0 Å². The fourth-order valence-corrected chi connectivity index (χ4v) is 4.67. The molecular weight excluding hydrogens is 278 g/mol. The number of likely N-dealkylation sites (tertiary alicyclic amines) is 1. The summed E-state index contributed by atoms with van der Waals surface area (Å²) in [5, 5.41) is 0. The van der Waals surface area contributed by atoms with Crippen molar-refractivity contribution in [1.29, 1.82) is 0 Å². The highest BCUT2D eigenvalue weighted by atomic mass is 32.2. The van der Waals surface area contributed by atoms with Gasteiger partial charge >= 0.3 is 0 Å². The van der Waals surface area contributed by atoms with Crippen LogP contribution in [-0.2, 0) is 4.79 Å². The SMILES string of the molecule is C=CCN1C[C@@H]2C[C@@H](C)CC(Sc3ccccc3)=C2C1=O. The minimum Gasteiger partial charge on any atom is -0.335 e. The first kappa shape index (κ1) is 14.5. The van der Waals surface area contributed by atoms with Crippen LogP contribution in [0.5, 0.6) is 0 Å². The van der Waals surface area contributed by atoms with Gasteiger partial charge in [0.1, 0.15) is 0 Å². The molecular formula is C18H21NOS. The van der Waals surface area contributed by atoms with Crippen molar-refractivity contribution < 1.29 is 4.79 Å². The van der Waals surface area contributed by atoms with Gasteiger partial charge < -0.3 is 4.90 Å². The number of allylic oxidation sites excluding steroid dienone is 1. The fourth-order valence-electron chi connectivity index (χ4n) is 3.36. The van der Waals surface area contributed by atoms with Crippen molar-refractivity contribution in [3.8, 4) is 0 Å². The van der Waals surface area contributed by atoms with Gasteiger partial charge in [0.25, 0.3) is 5.91 Å². The van der Waals surface area contributed by atoms with Gasteiger partial charge in [-0.1, -0.05) is 43.0 Å². The Balaban J connectivity index is 1.91. The van der Waals surface area contributed by atoms with Crippen molar-refractivity contribution in [3.63, 3.8) is 0 Å². The predicted molar refractivity (Wildman–Crippen MR) is 88.0 cm³/mol. The van der Waals surface area contributed by atoms with E-state index in [1.165, 1.54) is 9.80 Å². The van der Waals surface area contributed by atoms with Crippen LogP contribution in [0.4, 0.5) is 0 Å². The summed E-state index contributed by atoms with van der Waals surface area (Å²) in [6.07, 6.45) is 3.98. The van der Waals surface area contributed by atoms with E-state index in [-0.39, 0.29) is 5.91 Å². The molecule has 0 saturated carbocycles. The van der Waals surface area contributed by atoms with Crippen molar-refractivity contribution in [3.05, 3.63) is 53.5 Å². The molecule has 1 aromatic rings. The lowest BCUT2D eigenvalue weighted by atomic mass is 9.83. The molecule has 0 aromatic heterocycles. The molecule has 1 amide bonds. The van der Waals surface area contributed by atoms with Crippen LogP contribution in [0.15, 0.2) is 58.4 Å². The maximum atomic E-state index is 12.6. The molecule has 0 spiro atoms. The highest BCUT2D eigenvalue weighted by molar-refractivity contribution is 8.03. The van der Waals surface area contributed by atoms with Gasteiger partial charge in [-0.25, -0.2) is 0 Å². The summed E-state index contributed by atoms with van der Waals surface area (Å²) >= 11 is 1.77. The molecule has 3 heteroatoms. The fraction of sp³-hybridized carbons (Fsp3) is 0.389. The molecule has 110 valence electrons. The first-order valence-corrected chi connectivity index (χ1v) is 8.36. The number of amides is 1. The molecule has 2 atom stereocenters. The molecule has 2 nitrogen and oxygen atoms in total. The summed E-state index contributed by atoms with van der Waals surface area (Å²) in [5.74, 6) is 1.29. The van der Waals surface area contributed by atoms with Crippen molar-refractivity contribution in [1.82, 2.24) is 4.90 Å². The van der Waals surface area contributed by atoms with Crippen molar-refractivity contribution >= 4 is 17.7 Å². The lowest BCUT2D eigenvalue weighted by Gasteiger charge is -2.25. The number of thioether (sulfide) groups is 1. The third-order valence-corrected chi connectivity index (χ3v) is 5.36. The van der Waals surface area contributed by atoms with E-state index in [0.29, 0.717) is 18.4 Å². The summed E-state index contributed by atoms with van der Waals surface area (Å²) in [6.45, 7) is 7.58. The van der Waals surface area contributed by atoms with E-state index >= 15 is 0 Å². The van der Waals surface area contributed by atoms with E-state index in [4.69, 9.17) is 0 Å². The first-order chi connectivity index (χ1) is 10.2. The van der Waals surface area contributed by atoms with Gasteiger partial charge in [-0.05, 0) is 35.8 Å². The Bertz CT molecular complexity index is 578. The summed E-state index contributed by atoms with van der Waals surface area (Å²) < 4.78 is 0. The van der Waals surface area contributed by atoms with Crippen LogP contribution in [0.2, 0.25) is 0 Å². The number of hydrogen-bond donors (Lipinski definition) is 0. The largest absolute Gasteiger partial charge is 0.335 e. The molecule has 0 unspecified atom stereocenters. The summed E-state index contributed by atoms with van der Waals surface area (Å²) in [4.78, 5) is 17.1. The van der Waals surface area contributed by atoms with Crippen LogP contribution in [-0.4, -0.2) is 23.9 Å². The number of rotatable bonds is 4. The van der Waals surface area contributed by atoms with E-state index < -0.39 is 0 Å². The molecule has 1 heterocycles. The van der Waals surface area contributed by atoms with Gasteiger partial charge in [0.15, 0.2) is 0 Å². The zero-order valence-electron chi connectivity index (χ0n) is 12.4. The number of nitrogens with zero attached hydrogens (tertiary/aromatic N) is 1. The molecule has 1 aliphatic carbocycles. The summed E-state index contributed by atoms with van der Waals surface area (Å²) in [5.41, 5.74) is 1.07. The topological polar surface area (TPSA) is 20.3 Å². The standard InChI is InChI=1S/C18H21NOS/c1-3-9-19-12-14-10-13(2)11-16(17(14)18(19)20)21-15-7-5-4-6-8-15/h3-8,13-14H,1,9-12H2,2H3/t13-,14+/m1/s1. The highest BCUT2D eigenvalue weighted by Gasteiger charge is 2.40. The van der Waals surface area contributed by atoms with Gasteiger partial charge in [0, 0.05) is 29.5 Å². The number of fused-ring (bicyclic) bond motifs is 1. The number of benzene rings is 1. The van der Waals surface area contributed by atoms with Crippen LogP contribution in [0, 0.1) is 11.8 Å². The molecule has 0 N–H and O–H groups in total. The van der Waals surface area contributed by atoms with E-state index in [0.717, 1.165) is 25.0 Å². The van der Waals surface area contributed by atoms with Crippen molar-refractivity contribution in [2.45, 2.75) is 24.7 Å². The van der Waals surface area contributed by atoms with Gasteiger partial charge in [0.2, 0.25) is 0 Å². The second kappa shape index (κ2) is 6.10.